The average Bonchev–Trinajstić information content (AvgIpc) is 3.21. The molecule has 1 saturated heterocycles. The number of benzene rings is 1. The van der Waals surface area contributed by atoms with Gasteiger partial charge in [-0.3, -0.25) is 0 Å². The number of fused-ring (bicyclic) bond motifs is 1. The molecule has 174 valence electrons. The van der Waals surface area contributed by atoms with Crippen LogP contribution < -0.4 is 4.74 Å². The van der Waals surface area contributed by atoms with Crippen LogP contribution >= 0.6 is 0 Å². The number of hydrogen-bond acceptors (Lipinski definition) is 8. The first kappa shape index (κ1) is 21.6. The summed E-state index contributed by atoms with van der Waals surface area (Å²) < 4.78 is 36.7. The highest BCUT2D eigenvalue weighted by molar-refractivity contribution is 7.90. The Balaban J connectivity index is 1.27. The van der Waals surface area contributed by atoms with Crippen molar-refractivity contribution >= 4 is 27.0 Å². The number of ether oxygens (including phenoxy) is 2. The number of hydrogen-bond donors (Lipinski definition) is 0. The number of amides is 1. The van der Waals surface area contributed by atoms with Gasteiger partial charge in [0.05, 0.1) is 16.8 Å². The van der Waals surface area contributed by atoms with Gasteiger partial charge in [-0.15, -0.1) is 0 Å². The minimum Gasteiger partial charge on any atom is -0.474 e. The first-order chi connectivity index (χ1) is 15.9. The highest BCUT2D eigenvalue weighted by atomic mass is 32.2. The predicted octanol–water partition coefficient (Wildman–Crippen LogP) is 2.75. The molecule has 11 heteroatoms. The van der Waals surface area contributed by atoms with Crippen molar-refractivity contribution < 1.29 is 22.7 Å². The van der Waals surface area contributed by atoms with E-state index >= 15 is 0 Å². The molecule has 3 heterocycles. The number of sulfone groups is 1. The summed E-state index contributed by atoms with van der Waals surface area (Å²) in [4.78, 5) is 22.9. The van der Waals surface area contributed by atoms with Gasteiger partial charge in [0.1, 0.15) is 23.9 Å². The molecule has 0 radical (unpaired) electrons. The molecule has 1 aliphatic heterocycles. The molecule has 0 atom stereocenters. The molecule has 0 unspecified atom stereocenters. The van der Waals surface area contributed by atoms with Gasteiger partial charge < -0.3 is 14.4 Å². The summed E-state index contributed by atoms with van der Waals surface area (Å²) in [5, 5.41) is 5.07. The van der Waals surface area contributed by atoms with Gasteiger partial charge in [0.15, 0.2) is 15.5 Å². The Hall–Kier alpha value is -3.21. The highest BCUT2D eigenvalue weighted by Gasteiger charge is 2.29. The fourth-order valence-corrected chi connectivity index (χ4v) is 4.59. The molecular formula is C22H25N5O5S. The van der Waals surface area contributed by atoms with Crippen molar-refractivity contribution in [3.63, 3.8) is 0 Å². The zero-order valence-electron chi connectivity index (χ0n) is 18.3. The fraction of sp³-hybridized carbons (Fsp3) is 0.455. The van der Waals surface area contributed by atoms with Crippen LogP contribution in [0.1, 0.15) is 32.1 Å². The summed E-state index contributed by atoms with van der Waals surface area (Å²) in [6.45, 7) is 1.16. The third-order valence-corrected chi connectivity index (χ3v) is 7.27. The number of nitrogens with zero attached hydrogens (tertiary/aromatic N) is 5. The molecule has 1 amide bonds. The van der Waals surface area contributed by atoms with Crippen molar-refractivity contribution in [3.8, 4) is 11.6 Å². The van der Waals surface area contributed by atoms with Crippen LogP contribution in [0, 0.1) is 0 Å². The van der Waals surface area contributed by atoms with Gasteiger partial charge in [0, 0.05) is 32.2 Å². The first-order valence-electron chi connectivity index (χ1n) is 11.0. The van der Waals surface area contributed by atoms with E-state index in [1.54, 1.807) is 40.0 Å². The molecule has 2 aliphatic rings. The second-order valence-electron chi connectivity index (χ2n) is 8.48. The molecular weight excluding hydrogens is 446 g/mol. The zero-order chi connectivity index (χ0) is 23.0. The van der Waals surface area contributed by atoms with Crippen LogP contribution in [0.3, 0.4) is 0 Å². The molecule has 2 aromatic heterocycles. The van der Waals surface area contributed by atoms with E-state index in [-0.39, 0.29) is 23.2 Å². The van der Waals surface area contributed by atoms with E-state index in [1.807, 2.05) is 0 Å². The van der Waals surface area contributed by atoms with Gasteiger partial charge in [-0.1, -0.05) is 0 Å². The number of rotatable bonds is 5. The Morgan fingerprint density at radius 2 is 1.76 bits per heavy atom. The summed E-state index contributed by atoms with van der Waals surface area (Å²) in [6.07, 6.45) is 8.44. The van der Waals surface area contributed by atoms with Crippen molar-refractivity contribution in [2.45, 2.75) is 49.2 Å². The quantitative estimate of drug-likeness (QED) is 0.558. The van der Waals surface area contributed by atoms with Gasteiger partial charge in [-0.25, -0.2) is 27.9 Å². The number of carbonyl (C=O) groups is 1. The third kappa shape index (κ3) is 4.50. The third-order valence-electron chi connectivity index (χ3n) is 6.14. The minimum absolute atomic E-state index is 0.0757. The second-order valence-corrected chi connectivity index (χ2v) is 10.5. The standard InChI is InChI=1S/C22H25N5O5S/c1-33(29,30)18-7-5-15(6-8-18)27-20-19(13-25-27)21(24-14-23-20)31-17-9-11-26(12-10-17)22(28)32-16-3-2-4-16/h5-8,13-14,16-17H,2-4,9-12H2,1H3. The molecule has 0 spiro atoms. The van der Waals surface area contributed by atoms with Crippen LogP contribution in [-0.4, -0.2) is 70.7 Å². The molecule has 0 bridgehead atoms. The van der Waals surface area contributed by atoms with Gasteiger partial charge >= 0.3 is 6.09 Å². The molecule has 5 rings (SSSR count). The Labute approximate surface area is 191 Å². The van der Waals surface area contributed by atoms with E-state index in [9.17, 15) is 13.2 Å². The fourth-order valence-electron chi connectivity index (χ4n) is 3.96. The van der Waals surface area contributed by atoms with E-state index in [0.29, 0.717) is 48.5 Å². The van der Waals surface area contributed by atoms with E-state index in [1.165, 1.54) is 12.6 Å². The smallest absolute Gasteiger partial charge is 0.410 e. The lowest BCUT2D eigenvalue weighted by molar-refractivity contribution is 0.0146. The molecule has 0 N–H and O–H groups in total. The summed E-state index contributed by atoms with van der Waals surface area (Å²) in [6, 6.07) is 6.45. The summed E-state index contributed by atoms with van der Waals surface area (Å²) in [5.74, 6) is 0.439. The lowest BCUT2D eigenvalue weighted by Crippen LogP contribution is -2.43. The zero-order valence-corrected chi connectivity index (χ0v) is 19.1. The van der Waals surface area contributed by atoms with Crippen molar-refractivity contribution in [2.24, 2.45) is 0 Å². The lowest BCUT2D eigenvalue weighted by Gasteiger charge is -2.34. The summed E-state index contributed by atoms with van der Waals surface area (Å²) in [7, 11) is -3.28. The van der Waals surface area contributed by atoms with Crippen LogP contribution in [0.15, 0.2) is 41.7 Å². The van der Waals surface area contributed by atoms with Crippen molar-refractivity contribution in [1.29, 1.82) is 0 Å². The molecule has 3 aromatic rings. The summed E-state index contributed by atoms with van der Waals surface area (Å²) in [5.41, 5.74) is 1.24. The van der Waals surface area contributed by atoms with E-state index < -0.39 is 9.84 Å². The predicted molar refractivity (Wildman–Crippen MR) is 119 cm³/mol. The molecule has 10 nitrogen and oxygen atoms in total. The van der Waals surface area contributed by atoms with Gasteiger partial charge in [-0.05, 0) is 43.5 Å². The highest BCUT2D eigenvalue weighted by Crippen LogP contribution is 2.27. The average molecular weight is 472 g/mol. The van der Waals surface area contributed by atoms with Gasteiger partial charge in [-0.2, -0.15) is 5.10 Å². The van der Waals surface area contributed by atoms with Gasteiger partial charge in [0.25, 0.3) is 0 Å². The van der Waals surface area contributed by atoms with Crippen LogP contribution in [0.5, 0.6) is 5.88 Å². The molecule has 2 fully saturated rings. The maximum atomic E-state index is 12.3. The van der Waals surface area contributed by atoms with Crippen molar-refractivity contribution in [1.82, 2.24) is 24.6 Å². The van der Waals surface area contributed by atoms with Crippen LogP contribution in [0.25, 0.3) is 16.7 Å². The maximum absolute atomic E-state index is 12.3. The van der Waals surface area contributed by atoms with E-state index in [0.717, 1.165) is 19.3 Å². The van der Waals surface area contributed by atoms with Crippen molar-refractivity contribution in [3.05, 3.63) is 36.8 Å². The van der Waals surface area contributed by atoms with Gasteiger partial charge in [0.2, 0.25) is 5.88 Å². The first-order valence-corrected chi connectivity index (χ1v) is 12.9. The SMILES string of the molecule is CS(=O)(=O)c1ccc(-n2ncc3c(OC4CCN(C(=O)OC5CCC5)CC4)ncnc32)cc1. The van der Waals surface area contributed by atoms with E-state index in [2.05, 4.69) is 15.1 Å². The Bertz CT molecular complexity index is 1260. The van der Waals surface area contributed by atoms with Crippen LogP contribution in [-0.2, 0) is 14.6 Å². The second kappa shape index (κ2) is 8.62. The normalized spacial score (nSPS) is 17.7. The van der Waals surface area contributed by atoms with Crippen LogP contribution in [0.4, 0.5) is 4.79 Å². The molecule has 1 aliphatic carbocycles. The Kier molecular flexibility index (Phi) is 5.65. The minimum atomic E-state index is -3.28. The Morgan fingerprint density at radius 1 is 1.03 bits per heavy atom. The van der Waals surface area contributed by atoms with Crippen LogP contribution in [0.2, 0.25) is 0 Å². The number of aromatic nitrogens is 4. The number of piperidine rings is 1. The van der Waals surface area contributed by atoms with Crippen molar-refractivity contribution in [2.75, 3.05) is 19.3 Å². The molecule has 1 aromatic carbocycles. The topological polar surface area (TPSA) is 117 Å². The monoisotopic (exact) mass is 471 g/mol. The number of carbonyl (C=O) groups excluding carboxylic acids is 1. The summed E-state index contributed by atoms with van der Waals surface area (Å²) >= 11 is 0. The largest absolute Gasteiger partial charge is 0.474 e. The number of likely N-dealkylation sites (tertiary alicyclic amines) is 1. The lowest BCUT2D eigenvalue weighted by atomic mass is 9.96. The maximum Gasteiger partial charge on any atom is 0.410 e. The Morgan fingerprint density at radius 3 is 2.39 bits per heavy atom. The van der Waals surface area contributed by atoms with E-state index in [4.69, 9.17) is 9.47 Å². The molecule has 1 saturated carbocycles. The molecule has 33 heavy (non-hydrogen) atoms.